The van der Waals surface area contributed by atoms with Crippen LogP contribution in [0.2, 0.25) is 0 Å². The Kier molecular flexibility index (Phi) is 3.71. The molecule has 0 saturated carbocycles. The van der Waals surface area contributed by atoms with Crippen molar-refractivity contribution < 1.29 is 10.2 Å². The number of halogens is 1. The van der Waals surface area contributed by atoms with E-state index >= 15 is 0 Å². The molecule has 0 heterocycles. The van der Waals surface area contributed by atoms with Crippen molar-refractivity contribution in [2.75, 3.05) is 6.61 Å². The number of phenols is 1. The Morgan fingerprint density at radius 2 is 2.15 bits per heavy atom. The quantitative estimate of drug-likeness (QED) is 0.757. The number of hydrogen-bond donors (Lipinski definition) is 3. The topological polar surface area (TPSA) is 66.5 Å². The first-order valence-corrected chi connectivity index (χ1v) is 4.79. The number of phenolic OH excluding ortho intramolecular Hbond substituents is 1. The lowest BCUT2D eigenvalue weighted by Gasteiger charge is -2.10. The highest BCUT2D eigenvalue weighted by atomic mass is 79.9. The summed E-state index contributed by atoms with van der Waals surface area (Å²) in [5.74, 6) is 0.194. The molecule has 1 rings (SSSR count). The largest absolute Gasteiger partial charge is 0.507 e. The molecular weight excluding hydrogens is 234 g/mol. The van der Waals surface area contributed by atoms with Crippen LogP contribution in [0.3, 0.4) is 0 Å². The van der Waals surface area contributed by atoms with Crippen LogP contribution in [-0.2, 0) is 0 Å². The van der Waals surface area contributed by atoms with Crippen LogP contribution in [0.25, 0.3) is 0 Å². The molecular formula is C9H12BrNO2. The third kappa shape index (κ3) is 2.69. The highest BCUT2D eigenvalue weighted by Crippen LogP contribution is 2.27. The number of aliphatic hydroxyl groups excluding tert-OH is 1. The first kappa shape index (κ1) is 10.5. The summed E-state index contributed by atoms with van der Waals surface area (Å²) < 4.78 is 0.624. The second-order valence-corrected chi connectivity index (χ2v) is 3.68. The van der Waals surface area contributed by atoms with Crippen LogP contribution in [0.15, 0.2) is 22.7 Å². The number of benzene rings is 1. The first-order valence-electron chi connectivity index (χ1n) is 4.00. The molecule has 0 aliphatic rings. The van der Waals surface area contributed by atoms with Crippen molar-refractivity contribution in [1.29, 1.82) is 0 Å². The summed E-state index contributed by atoms with van der Waals surface area (Å²) in [4.78, 5) is 0. The van der Waals surface area contributed by atoms with E-state index in [9.17, 15) is 5.11 Å². The van der Waals surface area contributed by atoms with Gasteiger partial charge in [0.05, 0.1) is 4.47 Å². The van der Waals surface area contributed by atoms with E-state index in [4.69, 9.17) is 10.8 Å². The van der Waals surface area contributed by atoms with Gasteiger partial charge in [-0.2, -0.15) is 0 Å². The number of nitrogens with two attached hydrogens (primary N) is 1. The van der Waals surface area contributed by atoms with E-state index in [0.717, 1.165) is 5.56 Å². The molecule has 0 radical (unpaired) electrons. The molecule has 3 nitrogen and oxygen atoms in total. The zero-order valence-corrected chi connectivity index (χ0v) is 8.66. The standard InChI is InChI=1S/C9H12BrNO2/c10-7-5-6(1-2-9(7)13)8(11)3-4-12/h1-2,5,8,12-13H,3-4,11H2/t8-/m1/s1. The van der Waals surface area contributed by atoms with Crippen molar-refractivity contribution in [3.63, 3.8) is 0 Å². The summed E-state index contributed by atoms with van der Waals surface area (Å²) in [5.41, 5.74) is 6.66. The second kappa shape index (κ2) is 4.60. The van der Waals surface area contributed by atoms with E-state index < -0.39 is 0 Å². The molecule has 4 N–H and O–H groups in total. The van der Waals surface area contributed by atoms with Crippen LogP contribution in [0.1, 0.15) is 18.0 Å². The predicted octanol–water partition coefficient (Wildman–Crippen LogP) is 1.54. The van der Waals surface area contributed by atoms with Crippen molar-refractivity contribution in [3.8, 4) is 5.75 Å². The van der Waals surface area contributed by atoms with E-state index in [1.54, 1.807) is 18.2 Å². The van der Waals surface area contributed by atoms with Gasteiger partial charge in [0.1, 0.15) is 5.75 Å². The minimum atomic E-state index is -0.179. The van der Waals surface area contributed by atoms with E-state index in [1.165, 1.54) is 0 Å². The molecule has 1 aromatic rings. The molecule has 4 heteroatoms. The normalized spacial score (nSPS) is 12.8. The summed E-state index contributed by atoms with van der Waals surface area (Å²) >= 11 is 3.20. The summed E-state index contributed by atoms with van der Waals surface area (Å²) in [6.45, 7) is 0.0691. The highest BCUT2D eigenvalue weighted by Gasteiger charge is 2.06. The van der Waals surface area contributed by atoms with Crippen molar-refractivity contribution in [2.45, 2.75) is 12.5 Å². The summed E-state index contributed by atoms with van der Waals surface area (Å²) in [7, 11) is 0. The average molecular weight is 246 g/mol. The zero-order valence-electron chi connectivity index (χ0n) is 7.07. The molecule has 1 atom stereocenters. The first-order chi connectivity index (χ1) is 6.15. The highest BCUT2D eigenvalue weighted by molar-refractivity contribution is 9.10. The Labute approximate surface area is 85.3 Å². The van der Waals surface area contributed by atoms with Gasteiger partial charge < -0.3 is 15.9 Å². The van der Waals surface area contributed by atoms with E-state index in [0.29, 0.717) is 10.9 Å². The van der Waals surface area contributed by atoms with Crippen molar-refractivity contribution in [2.24, 2.45) is 5.73 Å². The van der Waals surface area contributed by atoms with Crippen molar-refractivity contribution >= 4 is 15.9 Å². The maximum atomic E-state index is 9.22. The zero-order chi connectivity index (χ0) is 9.84. The fraction of sp³-hybridized carbons (Fsp3) is 0.333. The van der Waals surface area contributed by atoms with Gasteiger partial charge in [-0.25, -0.2) is 0 Å². The minimum absolute atomic E-state index is 0.0691. The third-order valence-electron chi connectivity index (χ3n) is 1.84. The number of hydrogen-bond acceptors (Lipinski definition) is 3. The van der Waals surface area contributed by atoms with E-state index in [2.05, 4.69) is 15.9 Å². The SMILES string of the molecule is N[C@H](CCO)c1ccc(O)c(Br)c1. The van der Waals surface area contributed by atoms with Gasteiger partial charge in [0.2, 0.25) is 0 Å². The molecule has 0 amide bonds. The Hall–Kier alpha value is -0.580. The Morgan fingerprint density at radius 1 is 1.46 bits per heavy atom. The Balaban J connectivity index is 2.84. The van der Waals surface area contributed by atoms with Gasteiger partial charge in [-0.1, -0.05) is 6.07 Å². The molecule has 1 aromatic carbocycles. The smallest absolute Gasteiger partial charge is 0.129 e. The number of rotatable bonds is 3. The van der Waals surface area contributed by atoms with Crippen molar-refractivity contribution in [3.05, 3.63) is 28.2 Å². The number of aliphatic hydroxyl groups is 1. The van der Waals surface area contributed by atoms with Gasteiger partial charge >= 0.3 is 0 Å². The molecule has 0 aliphatic carbocycles. The molecule has 0 fully saturated rings. The van der Waals surface area contributed by atoms with Crippen LogP contribution in [0.4, 0.5) is 0 Å². The van der Waals surface area contributed by atoms with Crippen LogP contribution in [0, 0.1) is 0 Å². The van der Waals surface area contributed by atoms with E-state index in [1.807, 2.05) is 0 Å². The molecule has 13 heavy (non-hydrogen) atoms. The van der Waals surface area contributed by atoms with Gasteiger partial charge in [-0.3, -0.25) is 0 Å². The van der Waals surface area contributed by atoms with Crippen LogP contribution >= 0.6 is 15.9 Å². The third-order valence-corrected chi connectivity index (χ3v) is 2.48. The lowest BCUT2D eigenvalue weighted by molar-refractivity contribution is 0.276. The van der Waals surface area contributed by atoms with Gasteiger partial charge in [0.15, 0.2) is 0 Å². The van der Waals surface area contributed by atoms with Gasteiger partial charge in [0.25, 0.3) is 0 Å². The molecule has 0 aromatic heterocycles. The average Bonchev–Trinajstić information content (AvgIpc) is 2.10. The van der Waals surface area contributed by atoms with Crippen LogP contribution < -0.4 is 5.73 Å². The fourth-order valence-corrected chi connectivity index (χ4v) is 1.46. The van der Waals surface area contributed by atoms with Gasteiger partial charge in [0, 0.05) is 12.6 Å². The lowest BCUT2D eigenvalue weighted by Crippen LogP contribution is -2.11. The minimum Gasteiger partial charge on any atom is -0.507 e. The maximum Gasteiger partial charge on any atom is 0.129 e. The fourth-order valence-electron chi connectivity index (χ4n) is 1.06. The van der Waals surface area contributed by atoms with Crippen LogP contribution in [-0.4, -0.2) is 16.8 Å². The van der Waals surface area contributed by atoms with Crippen molar-refractivity contribution in [1.82, 2.24) is 0 Å². The maximum absolute atomic E-state index is 9.22. The molecule has 0 spiro atoms. The summed E-state index contributed by atoms with van der Waals surface area (Å²) in [5, 5.41) is 17.9. The molecule has 0 unspecified atom stereocenters. The second-order valence-electron chi connectivity index (χ2n) is 2.83. The summed E-state index contributed by atoms with van der Waals surface area (Å²) in [6, 6.07) is 4.91. The van der Waals surface area contributed by atoms with Crippen LogP contribution in [0.5, 0.6) is 5.75 Å². The molecule has 0 aliphatic heterocycles. The Bertz CT molecular complexity index is 291. The molecule has 72 valence electrons. The Morgan fingerprint density at radius 3 is 2.69 bits per heavy atom. The lowest BCUT2D eigenvalue weighted by atomic mass is 10.1. The van der Waals surface area contributed by atoms with Gasteiger partial charge in [-0.15, -0.1) is 0 Å². The predicted molar refractivity (Wildman–Crippen MR) is 54.4 cm³/mol. The molecule has 0 bridgehead atoms. The van der Waals surface area contributed by atoms with Gasteiger partial charge in [-0.05, 0) is 40.0 Å². The summed E-state index contributed by atoms with van der Waals surface area (Å²) in [6.07, 6.45) is 0.525. The van der Waals surface area contributed by atoms with E-state index in [-0.39, 0.29) is 18.4 Å². The number of aromatic hydroxyl groups is 1. The monoisotopic (exact) mass is 245 g/mol. The molecule has 0 saturated heterocycles.